The molecular weight excluding hydrogens is 456 g/mol. The van der Waals surface area contributed by atoms with Gasteiger partial charge in [-0.3, -0.25) is 9.67 Å². The average molecular weight is 477 g/mol. The number of aryl methyl sites for hydroxylation is 2. The third-order valence-electron chi connectivity index (χ3n) is 6.06. The van der Waals surface area contributed by atoms with Crippen LogP contribution in [0.3, 0.4) is 0 Å². The Morgan fingerprint density at radius 1 is 1.20 bits per heavy atom. The summed E-state index contributed by atoms with van der Waals surface area (Å²) < 4.78 is 35.8. The molecule has 0 spiro atoms. The molecule has 35 heavy (non-hydrogen) atoms. The van der Waals surface area contributed by atoms with Crippen molar-refractivity contribution in [2.24, 2.45) is 12.1 Å². The summed E-state index contributed by atoms with van der Waals surface area (Å²) in [6.45, 7) is 2.38. The first-order valence-electron chi connectivity index (χ1n) is 11.0. The van der Waals surface area contributed by atoms with Crippen molar-refractivity contribution < 1.29 is 18.3 Å². The molecule has 0 radical (unpaired) electrons. The number of hydrogen-bond acceptors (Lipinski definition) is 6. The van der Waals surface area contributed by atoms with Crippen molar-refractivity contribution in [2.75, 3.05) is 13.1 Å². The van der Waals surface area contributed by atoms with E-state index in [-0.39, 0.29) is 30.4 Å². The third kappa shape index (κ3) is 4.19. The Balaban J connectivity index is 1.25. The van der Waals surface area contributed by atoms with Gasteiger partial charge < -0.3 is 9.64 Å². The van der Waals surface area contributed by atoms with Crippen LogP contribution in [0.25, 0.3) is 11.4 Å². The molecule has 2 aliphatic rings. The van der Waals surface area contributed by atoms with Crippen molar-refractivity contribution in [1.29, 1.82) is 5.26 Å². The number of ether oxygens (including phenoxy) is 1. The Labute approximate surface area is 199 Å². The number of aromatic nitrogens is 3. The summed E-state index contributed by atoms with van der Waals surface area (Å²) in [6.07, 6.45) is 4.40. The van der Waals surface area contributed by atoms with Gasteiger partial charge in [0.15, 0.2) is 11.6 Å². The molecule has 1 aromatic carbocycles. The summed E-state index contributed by atoms with van der Waals surface area (Å²) in [4.78, 5) is 18.7. The number of rotatable bonds is 4. The zero-order valence-electron chi connectivity index (χ0n) is 19.0. The Morgan fingerprint density at radius 2 is 2.00 bits per heavy atom. The largest absolute Gasteiger partial charge is 0.483 e. The molecule has 0 saturated carbocycles. The predicted molar refractivity (Wildman–Crippen MR) is 121 cm³/mol. The molecule has 0 bridgehead atoms. The molecule has 4 heterocycles. The zero-order chi connectivity index (χ0) is 24.7. The van der Waals surface area contributed by atoms with Crippen molar-refractivity contribution in [3.63, 3.8) is 0 Å². The second kappa shape index (κ2) is 8.79. The monoisotopic (exact) mass is 477 g/mol. The maximum Gasteiger partial charge on any atom is 0.341 e. The first kappa shape index (κ1) is 22.5. The smallest absolute Gasteiger partial charge is 0.341 e. The van der Waals surface area contributed by atoms with Gasteiger partial charge in [0.1, 0.15) is 11.9 Å². The Morgan fingerprint density at radius 3 is 2.71 bits per heavy atom. The number of hydrogen-bond donors (Lipinski definition) is 0. The standard InChI is InChI=1S/C24H21F2N7O2/c1-14-10-30-31(2)23(14)20-8-22(19(26)11-28-20)35-18-12-32(13-18)24(34)33-21(3-4-29-33)16-5-15(9-27)6-17(25)7-16/h4-8,10-11,18,21H,3,12-13H2,1-2H3/t21-/m0/s1. The molecule has 1 saturated heterocycles. The van der Waals surface area contributed by atoms with Gasteiger partial charge in [-0.1, -0.05) is 0 Å². The number of nitrogens with zero attached hydrogens (tertiary/aromatic N) is 7. The van der Waals surface area contributed by atoms with E-state index in [4.69, 9.17) is 10.00 Å². The second-order valence-electron chi connectivity index (χ2n) is 8.51. The van der Waals surface area contributed by atoms with Gasteiger partial charge in [-0.15, -0.1) is 0 Å². The molecule has 1 fully saturated rings. The lowest BCUT2D eigenvalue weighted by Gasteiger charge is -2.41. The Bertz CT molecular complexity index is 1360. The number of nitriles is 1. The van der Waals surface area contributed by atoms with Crippen molar-refractivity contribution in [2.45, 2.75) is 25.5 Å². The second-order valence-corrected chi connectivity index (χ2v) is 8.51. The molecule has 5 rings (SSSR count). The summed E-state index contributed by atoms with van der Waals surface area (Å²) in [6, 6.07) is 6.57. The van der Waals surface area contributed by atoms with Gasteiger partial charge in [0.2, 0.25) is 0 Å². The molecule has 0 aliphatic carbocycles. The summed E-state index contributed by atoms with van der Waals surface area (Å²) in [7, 11) is 1.78. The van der Waals surface area contributed by atoms with Gasteiger partial charge in [-0.25, -0.2) is 18.6 Å². The van der Waals surface area contributed by atoms with Crippen LogP contribution in [0, 0.1) is 29.9 Å². The molecular formula is C24H21F2N7O2. The van der Waals surface area contributed by atoms with E-state index in [2.05, 4.69) is 15.2 Å². The van der Waals surface area contributed by atoms with Crippen molar-refractivity contribution >= 4 is 12.2 Å². The fourth-order valence-corrected chi connectivity index (χ4v) is 4.29. The van der Waals surface area contributed by atoms with Gasteiger partial charge in [-0.2, -0.15) is 15.5 Å². The SMILES string of the molecule is Cc1cnn(C)c1-c1cc(OC2CN(C(=O)N3N=CC[C@H]3c3cc(F)cc(C#N)c3)C2)c(F)cn1. The fraction of sp³-hybridized carbons (Fsp3) is 0.292. The van der Waals surface area contributed by atoms with Gasteiger partial charge >= 0.3 is 6.03 Å². The van der Waals surface area contributed by atoms with Crippen LogP contribution in [0.2, 0.25) is 0 Å². The van der Waals surface area contributed by atoms with Crippen LogP contribution in [0.5, 0.6) is 5.75 Å². The van der Waals surface area contributed by atoms with Crippen LogP contribution in [-0.4, -0.2) is 56.1 Å². The highest BCUT2D eigenvalue weighted by molar-refractivity contribution is 5.79. The maximum absolute atomic E-state index is 14.4. The molecule has 2 aliphatic heterocycles. The topological polar surface area (TPSA) is 99.6 Å². The molecule has 0 unspecified atom stereocenters. The van der Waals surface area contributed by atoms with Crippen LogP contribution < -0.4 is 4.74 Å². The molecule has 9 nitrogen and oxygen atoms in total. The van der Waals surface area contributed by atoms with Crippen LogP contribution in [0.15, 0.2) is 41.8 Å². The van der Waals surface area contributed by atoms with Crippen LogP contribution in [0.4, 0.5) is 13.6 Å². The van der Waals surface area contributed by atoms with Gasteiger partial charge in [0, 0.05) is 25.7 Å². The molecule has 0 N–H and O–H groups in total. The summed E-state index contributed by atoms with van der Waals surface area (Å²) in [5, 5.41) is 18.7. The minimum atomic E-state index is -0.595. The lowest BCUT2D eigenvalue weighted by Crippen LogP contribution is -2.58. The number of pyridine rings is 1. The number of halogens is 2. The van der Waals surface area contributed by atoms with E-state index in [1.54, 1.807) is 30.2 Å². The maximum atomic E-state index is 14.4. The molecule has 11 heteroatoms. The lowest BCUT2D eigenvalue weighted by molar-refractivity contribution is 0.0257. The van der Waals surface area contributed by atoms with Crippen molar-refractivity contribution in [1.82, 2.24) is 24.7 Å². The van der Waals surface area contributed by atoms with E-state index in [9.17, 15) is 13.6 Å². The molecule has 178 valence electrons. The van der Waals surface area contributed by atoms with Gasteiger partial charge in [-0.05, 0) is 36.2 Å². The molecule has 2 aromatic heterocycles. The molecule has 3 aromatic rings. The number of likely N-dealkylation sites (tertiary alicyclic amines) is 1. The fourth-order valence-electron chi connectivity index (χ4n) is 4.29. The van der Waals surface area contributed by atoms with E-state index in [0.717, 1.165) is 23.5 Å². The Kier molecular flexibility index (Phi) is 5.64. The van der Waals surface area contributed by atoms with Crippen LogP contribution in [0.1, 0.15) is 29.2 Å². The van der Waals surface area contributed by atoms with Crippen LogP contribution in [-0.2, 0) is 7.05 Å². The van der Waals surface area contributed by atoms with E-state index in [1.807, 2.05) is 13.0 Å². The van der Waals surface area contributed by atoms with E-state index in [0.29, 0.717) is 17.7 Å². The van der Waals surface area contributed by atoms with Crippen molar-refractivity contribution in [3.8, 4) is 23.2 Å². The van der Waals surface area contributed by atoms with E-state index in [1.165, 1.54) is 22.0 Å². The minimum absolute atomic E-state index is 0.0496. The minimum Gasteiger partial charge on any atom is -0.483 e. The Hall–Kier alpha value is -4.33. The highest BCUT2D eigenvalue weighted by Crippen LogP contribution is 2.32. The quantitative estimate of drug-likeness (QED) is 0.572. The normalized spacial score (nSPS) is 17.4. The summed E-state index contributed by atoms with van der Waals surface area (Å²) in [5.41, 5.74) is 2.87. The first-order valence-corrected chi connectivity index (χ1v) is 11.0. The molecule has 2 amide bonds. The number of benzene rings is 1. The average Bonchev–Trinajstić information content (AvgIpc) is 3.43. The summed E-state index contributed by atoms with van der Waals surface area (Å²) in [5.74, 6) is -1.09. The highest BCUT2D eigenvalue weighted by Gasteiger charge is 2.39. The number of hydrazone groups is 1. The number of carbonyl (C=O) groups is 1. The van der Waals surface area contributed by atoms with Gasteiger partial charge in [0.25, 0.3) is 0 Å². The van der Waals surface area contributed by atoms with E-state index < -0.39 is 23.8 Å². The zero-order valence-corrected chi connectivity index (χ0v) is 19.0. The first-order chi connectivity index (χ1) is 16.8. The van der Waals surface area contributed by atoms with Gasteiger partial charge in [0.05, 0.1) is 54.5 Å². The van der Waals surface area contributed by atoms with E-state index >= 15 is 0 Å². The highest BCUT2D eigenvalue weighted by atomic mass is 19.1. The number of carbonyl (C=O) groups excluding carboxylic acids is 1. The van der Waals surface area contributed by atoms with Crippen molar-refractivity contribution in [3.05, 3.63) is 65.0 Å². The molecule has 1 atom stereocenters. The summed E-state index contributed by atoms with van der Waals surface area (Å²) >= 11 is 0. The third-order valence-corrected chi connectivity index (χ3v) is 6.06. The predicted octanol–water partition coefficient (Wildman–Crippen LogP) is 3.56. The van der Waals surface area contributed by atoms with Crippen LogP contribution >= 0.6 is 0 Å². The lowest BCUT2D eigenvalue weighted by atomic mass is 10.0. The number of amides is 2. The number of urea groups is 1.